The number of hydrogen-bond acceptors (Lipinski definition) is 12. The minimum atomic E-state index is -2.78. The summed E-state index contributed by atoms with van der Waals surface area (Å²) in [5, 5.41) is 21.5. The smallest absolute Gasteiger partial charge is 0.235 e. The van der Waals surface area contributed by atoms with Gasteiger partial charge < -0.3 is 27.0 Å². The number of nitrogens with zero attached hydrogens (tertiary/aromatic N) is 3. The van der Waals surface area contributed by atoms with Crippen molar-refractivity contribution in [1.29, 1.82) is 5.26 Å². The number of carbonyl (C=O) groups is 5. The number of rotatable bonds is 5. The van der Waals surface area contributed by atoms with Crippen molar-refractivity contribution in [2.45, 2.75) is 36.5 Å². The van der Waals surface area contributed by atoms with E-state index in [-0.39, 0.29) is 17.7 Å². The summed E-state index contributed by atoms with van der Waals surface area (Å²) in [6.45, 7) is 3.76. The van der Waals surface area contributed by atoms with Crippen molar-refractivity contribution in [3.05, 3.63) is 53.1 Å². The molecule has 2 unspecified atom stereocenters. The summed E-state index contributed by atoms with van der Waals surface area (Å²) >= 11 is 0. The highest BCUT2D eigenvalue weighted by Gasteiger charge is 2.78. The molecule has 0 aromatic heterocycles. The van der Waals surface area contributed by atoms with Crippen LogP contribution in [0.3, 0.4) is 0 Å². The number of phenols is 1. The third-order valence-electron chi connectivity index (χ3n) is 10.2. The summed E-state index contributed by atoms with van der Waals surface area (Å²) in [5.41, 5.74) is 15.2. The number of phenolic OH excluding ortho intramolecular Hbond substituents is 1. The average Bonchev–Trinajstić information content (AvgIpc) is 2.97. The first-order valence-corrected chi connectivity index (χ1v) is 15.1. The molecule has 3 aliphatic carbocycles. The lowest BCUT2D eigenvalue weighted by molar-refractivity contribution is -0.166. The second-order valence-corrected chi connectivity index (χ2v) is 13.2. The Morgan fingerprint density at radius 3 is 2.30 bits per heavy atom. The Morgan fingerprint density at radius 2 is 1.72 bits per heavy atom. The molecule has 1 aliphatic heterocycles. The number of aromatic hydroxyl groups is 1. The predicted octanol–water partition coefficient (Wildman–Crippen LogP) is -0.692. The van der Waals surface area contributed by atoms with E-state index in [4.69, 9.17) is 21.9 Å². The number of primary amides is 1. The molecule has 2 aromatic rings. The number of ether oxygens (including phenoxy) is 1. The lowest BCUT2D eigenvalue weighted by atomic mass is 9.42. The van der Waals surface area contributed by atoms with Crippen molar-refractivity contribution in [2.75, 3.05) is 40.4 Å². The topological polar surface area (TPSA) is 223 Å². The fraction of sp³-hybridized carbons (Fsp3) is 0.455. The standard InChI is InChI=1S/C33H36N6O7/c1-38(2)27-26(42)23(30(35)45)28(43)32(16-34)29(44)24-25(41)22-20(13-31(24,36)15-33(27,32)37)19(7-8-21(22)40)18-5-3-17(4-6-18)14-39-9-11-46-12-10-39/h3-8,23-24,27,40H,9-15,36-37H2,1-2H3,(H2,35,45)/t23?,24?,27-,31-,32+,33-/m1/s1. The maximum Gasteiger partial charge on any atom is 0.235 e. The largest absolute Gasteiger partial charge is 0.507 e. The molecule has 1 heterocycles. The maximum atomic E-state index is 14.5. The quantitative estimate of drug-likeness (QED) is 0.302. The number of nitriles is 1. The lowest BCUT2D eigenvalue weighted by Crippen LogP contribution is -2.85. The van der Waals surface area contributed by atoms with Crippen LogP contribution in [0.25, 0.3) is 11.1 Å². The van der Waals surface area contributed by atoms with Crippen LogP contribution in [0.1, 0.15) is 27.9 Å². The summed E-state index contributed by atoms with van der Waals surface area (Å²) in [6, 6.07) is 11.0. The Kier molecular flexibility index (Phi) is 7.50. The molecule has 6 rings (SSSR count). The molecule has 0 radical (unpaired) electrons. The second-order valence-electron chi connectivity index (χ2n) is 13.2. The number of nitrogens with two attached hydrogens (primary N) is 3. The Morgan fingerprint density at radius 1 is 1.07 bits per heavy atom. The maximum absolute atomic E-state index is 14.5. The van der Waals surface area contributed by atoms with E-state index in [2.05, 4.69) is 4.90 Å². The van der Waals surface area contributed by atoms with Crippen LogP contribution in [0.15, 0.2) is 36.4 Å². The molecule has 3 fully saturated rings. The number of fused-ring (bicyclic) bond motifs is 3. The van der Waals surface area contributed by atoms with Gasteiger partial charge in [-0.3, -0.25) is 33.8 Å². The summed E-state index contributed by atoms with van der Waals surface area (Å²) in [4.78, 5) is 72.2. The van der Waals surface area contributed by atoms with E-state index in [1.807, 2.05) is 24.3 Å². The summed E-state index contributed by atoms with van der Waals surface area (Å²) < 4.78 is 5.43. The molecule has 2 saturated carbocycles. The fourth-order valence-corrected chi connectivity index (χ4v) is 8.28. The molecule has 13 heteroatoms. The summed E-state index contributed by atoms with van der Waals surface area (Å²) in [6.07, 6.45) is -0.597. The van der Waals surface area contributed by atoms with Gasteiger partial charge in [0.1, 0.15) is 11.7 Å². The monoisotopic (exact) mass is 628 g/mol. The van der Waals surface area contributed by atoms with E-state index < -0.39 is 69.8 Å². The number of carbonyl (C=O) groups excluding carboxylic acids is 5. The predicted molar refractivity (Wildman–Crippen MR) is 163 cm³/mol. The van der Waals surface area contributed by atoms with Crippen molar-refractivity contribution >= 4 is 29.0 Å². The van der Waals surface area contributed by atoms with E-state index in [1.165, 1.54) is 25.1 Å². The van der Waals surface area contributed by atoms with Crippen molar-refractivity contribution in [3.8, 4) is 22.9 Å². The molecule has 46 heavy (non-hydrogen) atoms. The van der Waals surface area contributed by atoms with Gasteiger partial charge in [-0.05, 0) is 55.3 Å². The van der Waals surface area contributed by atoms with Crippen LogP contribution in [0.2, 0.25) is 0 Å². The molecular formula is C33H36N6O7. The summed E-state index contributed by atoms with van der Waals surface area (Å²) in [7, 11) is 2.93. The van der Waals surface area contributed by atoms with Gasteiger partial charge in [-0.25, -0.2) is 0 Å². The number of morpholine rings is 1. The second kappa shape index (κ2) is 10.9. The summed E-state index contributed by atoms with van der Waals surface area (Å²) in [5.74, 6) is -9.95. The lowest BCUT2D eigenvalue weighted by Gasteiger charge is -2.60. The normalized spacial score (nSPS) is 32.8. The van der Waals surface area contributed by atoms with Gasteiger partial charge in [0.15, 0.2) is 34.5 Å². The van der Waals surface area contributed by atoms with Crippen molar-refractivity contribution < 1.29 is 33.8 Å². The zero-order valence-electron chi connectivity index (χ0n) is 25.6. The highest BCUT2D eigenvalue weighted by molar-refractivity contribution is 6.33. The van der Waals surface area contributed by atoms with Gasteiger partial charge in [0.25, 0.3) is 0 Å². The Balaban J connectivity index is 1.46. The van der Waals surface area contributed by atoms with Crippen LogP contribution < -0.4 is 17.2 Å². The zero-order chi connectivity index (χ0) is 33.3. The molecule has 2 aromatic carbocycles. The molecular weight excluding hydrogens is 592 g/mol. The Bertz CT molecular complexity index is 1730. The van der Waals surface area contributed by atoms with Gasteiger partial charge in [-0.1, -0.05) is 30.3 Å². The van der Waals surface area contributed by atoms with Crippen LogP contribution in [0, 0.1) is 28.6 Å². The molecule has 4 aliphatic rings. The van der Waals surface area contributed by atoms with Gasteiger partial charge in [-0.15, -0.1) is 0 Å². The Hall–Kier alpha value is -4.32. The third kappa shape index (κ3) is 4.29. The van der Waals surface area contributed by atoms with E-state index in [0.29, 0.717) is 24.3 Å². The molecule has 240 valence electrons. The number of benzene rings is 2. The first-order valence-electron chi connectivity index (χ1n) is 15.1. The number of likely N-dealkylation sites (N-methyl/N-ethyl adjacent to an activating group) is 1. The number of hydrogen-bond donors (Lipinski definition) is 4. The average molecular weight is 629 g/mol. The van der Waals surface area contributed by atoms with Gasteiger partial charge in [0.2, 0.25) is 5.91 Å². The van der Waals surface area contributed by atoms with E-state index in [9.17, 15) is 34.3 Å². The molecule has 1 saturated heterocycles. The van der Waals surface area contributed by atoms with E-state index in [1.54, 1.807) is 12.1 Å². The van der Waals surface area contributed by atoms with Crippen LogP contribution in [-0.2, 0) is 36.9 Å². The minimum absolute atomic E-state index is 0.133. The zero-order valence-corrected chi connectivity index (χ0v) is 25.6. The number of amides is 1. The van der Waals surface area contributed by atoms with E-state index >= 15 is 0 Å². The third-order valence-corrected chi connectivity index (χ3v) is 10.2. The highest BCUT2D eigenvalue weighted by Crippen LogP contribution is 2.57. The molecule has 13 nitrogen and oxygen atoms in total. The van der Waals surface area contributed by atoms with Crippen LogP contribution in [0.4, 0.5) is 0 Å². The highest BCUT2D eigenvalue weighted by atomic mass is 16.5. The molecule has 6 atom stereocenters. The van der Waals surface area contributed by atoms with Crippen LogP contribution in [-0.4, -0.2) is 101 Å². The number of Topliss-reactive ketones (excluding diaryl/α,β-unsaturated/α-hetero) is 4. The van der Waals surface area contributed by atoms with Crippen molar-refractivity contribution in [2.24, 2.45) is 34.5 Å². The molecule has 1 amide bonds. The van der Waals surface area contributed by atoms with Gasteiger partial charge in [-0.2, -0.15) is 5.26 Å². The molecule has 0 bridgehead atoms. The van der Waals surface area contributed by atoms with Crippen LogP contribution in [0.5, 0.6) is 5.75 Å². The molecule has 7 N–H and O–H groups in total. The van der Waals surface area contributed by atoms with Crippen molar-refractivity contribution in [1.82, 2.24) is 9.80 Å². The molecule has 0 spiro atoms. The van der Waals surface area contributed by atoms with Crippen molar-refractivity contribution in [3.63, 3.8) is 0 Å². The van der Waals surface area contributed by atoms with Gasteiger partial charge >= 0.3 is 0 Å². The number of ketones is 4. The first kappa shape index (κ1) is 31.7. The van der Waals surface area contributed by atoms with E-state index in [0.717, 1.165) is 30.8 Å². The van der Waals surface area contributed by atoms with Gasteiger partial charge in [0.05, 0.1) is 36.4 Å². The van der Waals surface area contributed by atoms with Gasteiger partial charge in [0, 0.05) is 25.2 Å². The van der Waals surface area contributed by atoms with Crippen LogP contribution >= 0.6 is 0 Å². The SMILES string of the molecule is CN(C)[C@@H]1C(=O)C(C(N)=O)C(=O)[C@@]2(C#N)C(=O)C3C(=O)c4c(O)ccc(-c5ccc(CN6CCOCC6)cc5)c4C[C@@]3(N)C[C@@]12N. The first-order chi connectivity index (χ1) is 21.7. The minimum Gasteiger partial charge on any atom is -0.507 e. The fourth-order valence-electron chi connectivity index (χ4n) is 8.28. The Labute approximate surface area is 265 Å².